The van der Waals surface area contributed by atoms with E-state index in [1.165, 1.54) is 16.8 Å². The third-order valence-corrected chi connectivity index (χ3v) is 4.09. The second kappa shape index (κ2) is 5.37. The largest absolute Gasteiger partial charge is 0.380 e. The van der Waals surface area contributed by atoms with E-state index in [0.717, 1.165) is 23.6 Å². The van der Waals surface area contributed by atoms with Gasteiger partial charge in [0.25, 0.3) is 0 Å². The second-order valence-corrected chi connectivity index (χ2v) is 6.01. The highest BCUT2D eigenvalue weighted by atomic mass is 35.5. The number of rotatable bonds is 3. The van der Waals surface area contributed by atoms with Gasteiger partial charge in [-0.1, -0.05) is 35.9 Å². The Morgan fingerprint density at radius 3 is 2.30 bits per heavy atom. The molecular formula is C17H19ClN2. The van der Waals surface area contributed by atoms with Crippen molar-refractivity contribution in [1.29, 1.82) is 0 Å². The van der Waals surface area contributed by atoms with E-state index in [2.05, 4.69) is 54.6 Å². The Morgan fingerprint density at radius 2 is 1.70 bits per heavy atom. The summed E-state index contributed by atoms with van der Waals surface area (Å²) in [5.41, 5.74) is 5.20. The van der Waals surface area contributed by atoms with E-state index < -0.39 is 0 Å². The highest BCUT2D eigenvalue weighted by Gasteiger charge is 2.21. The van der Waals surface area contributed by atoms with Gasteiger partial charge in [-0.3, -0.25) is 0 Å². The molecule has 3 heteroatoms. The van der Waals surface area contributed by atoms with Crippen molar-refractivity contribution in [1.82, 2.24) is 0 Å². The van der Waals surface area contributed by atoms with Gasteiger partial charge in [0, 0.05) is 25.2 Å². The van der Waals surface area contributed by atoms with E-state index in [-0.39, 0.29) is 0 Å². The van der Waals surface area contributed by atoms with Crippen LogP contribution >= 0.6 is 11.6 Å². The Kier molecular flexibility index (Phi) is 3.58. The lowest BCUT2D eigenvalue weighted by Gasteiger charge is -2.21. The fraction of sp³-hybridized carbons (Fsp3) is 0.294. The fourth-order valence-electron chi connectivity index (χ4n) is 2.89. The number of halogens is 1. The molecule has 0 saturated heterocycles. The first-order valence-corrected chi connectivity index (χ1v) is 7.31. The normalized spacial score (nSPS) is 14.2. The van der Waals surface area contributed by atoms with Crippen LogP contribution in [0.25, 0.3) is 0 Å². The Balaban J connectivity index is 1.81. The van der Waals surface area contributed by atoms with Crippen molar-refractivity contribution < 1.29 is 0 Å². The van der Waals surface area contributed by atoms with Crippen LogP contribution in [0.15, 0.2) is 42.5 Å². The summed E-state index contributed by atoms with van der Waals surface area (Å²) in [6, 6.07) is 15.1. The van der Waals surface area contributed by atoms with Gasteiger partial charge >= 0.3 is 0 Å². The van der Waals surface area contributed by atoms with Crippen molar-refractivity contribution in [3.05, 3.63) is 58.6 Å². The first-order valence-electron chi connectivity index (χ1n) is 6.93. The summed E-state index contributed by atoms with van der Waals surface area (Å²) in [7, 11) is 4.11. The Labute approximate surface area is 125 Å². The molecule has 0 aromatic heterocycles. The molecule has 2 nitrogen and oxygen atoms in total. The molecule has 2 aromatic carbocycles. The molecule has 0 amide bonds. The zero-order valence-corrected chi connectivity index (χ0v) is 12.6. The summed E-state index contributed by atoms with van der Waals surface area (Å²) >= 11 is 6.14. The minimum Gasteiger partial charge on any atom is -0.380 e. The van der Waals surface area contributed by atoms with Crippen LogP contribution in [-0.2, 0) is 12.8 Å². The summed E-state index contributed by atoms with van der Waals surface area (Å²) in [6.45, 7) is 0. The Morgan fingerprint density at radius 1 is 1.05 bits per heavy atom. The summed E-state index contributed by atoms with van der Waals surface area (Å²) < 4.78 is 0. The van der Waals surface area contributed by atoms with E-state index in [1.54, 1.807) is 0 Å². The number of nitrogens with one attached hydrogen (secondary N) is 1. The molecule has 1 aliphatic carbocycles. The standard InChI is InChI=1S/C17H19ClN2/c1-20(2)17-8-7-14(18)11-16(17)19-15-9-12-5-3-4-6-13(12)10-15/h3-8,11,15,19H,9-10H2,1-2H3. The van der Waals surface area contributed by atoms with Crippen molar-refractivity contribution in [2.24, 2.45) is 0 Å². The van der Waals surface area contributed by atoms with E-state index in [4.69, 9.17) is 11.6 Å². The van der Waals surface area contributed by atoms with Crippen LogP contribution in [-0.4, -0.2) is 20.1 Å². The molecule has 20 heavy (non-hydrogen) atoms. The lowest BCUT2D eigenvalue weighted by Crippen LogP contribution is -2.21. The zero-order chi connectivity index (χ0) is 14.1. The Hall–Kier alpha value is -1.67. The minimum absolute atomic E-state index is 0.449. The van der Waals surface area contributed by atoms with Crippen molar-refractivity contribution in [2.75, 3.05) is 24.3 Å². The van der Waals surface area contributed by atoms with E-state index in [9.17, 15) is 0 Å². The molecule has 3 rings (SSSR count). The van der Waals surface area contributed by atoms with Crippen molar-refractivity contribution in [2.45, 2.75) is 18.9 Å². The summed E-state index contributed by atoms with van der Waals surface area (Å²) in [5.74, 6) is 0. The van der Waals surface area contributed by atoms with Gasteiger partial charge in [0.2, 0.25) is 0 Å². The van der Waals surface area contributed by atoms with Gasteiger partial charge < -0.3 is 10.2 Å². The molecule has 0 atom stereocenters. The molecule has 1 N–H and O–H groups in total. The molecule has 0 spiro atoms. The molecule has 0 aliphatic heterocycles. The minimum atomic E-state index is 0.449. The number of hydrogen-bond donors (Lipinski definition) is 1. The SMILES string of the molecule is CN(C)c1ccc(Cl)cc1NC1Cc2ccccc2C1. The predicted octanol–water partition coefficient (Wildman–Crippen LogP) is 3.99. The van der Waals surface area contributed by atoms with E-state index in [1.807, 2.05) is 12.1 Å². The molecule has 104 valence electrons. The molecule has 0 radical (unpaired) electrons. The van der Waals surface area contributed by atoms with Crippen LogP contribution in [0, 0.1) is 0 Å². The number of hydrogen-bond acceptors (Lipinski definition) is 2. The smallest absolute Gasteiger partial charge is 0.0597 e. The molecule has 1 aliphatic rings. The molecule has 2 aromatic rings. The maximum absolute atomic E-state index is 6.14. The number of nitrogens with zero attached hydrogens (tertiary/aromatic N) is 1. The quantitative estimate of drug-likeness (QED) is 0.918. The highest BCUT2D eigenvalue weighted by molar-refractivity contribution is 6.31. The average molecular weight is 287 g/mol. The summed E-state index contributed by atoms with van der Waals surface area (Å²) in [5, 5.41) is 4.42. The third kappa shape index (κ3) is 2.61. The maximum atomic E-state index is 6.14. The van der Waals surface area contributed by atoms with Gasteiger partial charge in [-0.2, -0.15) is 0 Å². The number of fused-ring (bicyclic) bond motifs is 1. The first kappa shape index (κ1) is 13.3. The second-order valence-electron chi connectivity index (χ2n) is 5.57. The van der Waals surface area contributed by atoms with Gasteiger partial charge in [-0.15, -0.1) is 0 Å². The molecule has 0 heterocycles. The molecule has 0 unspecified atom stereocenters. The van der Waals surface area contributed by atoms with Crippen LogP contribution in [0.2, 0.25) is 5.02 Å². The van der Waals surface area contributed by atoms with Gasteiger partial charge in [-0.25, -0.2) is 0 Å². The fourth-order valence-corrected chi connectivity index (χ4v) is 3.07. The summed E-state index contributed by atoms with van der Waals surface area (Å²) in [4.78, 5) is 2.11. The average Bonchev–Trinajstić information content (AvgIpc) is 2.80. The van der Waals surface area contributed by atoms with Crippen molar-refractivity contribution in [3.63, 3.8) is 0 Å². The lowest BCUT2D eigenvalue weighted by molar-refractivity contribution is 0.774. The molecule has 0 saturated carbocycles. The van der Waals surface area contributed by atoms with E-state index in [0.29, 0.717) is 6.04 Å². The van der Waals surface area contributed by atoms with Gasteiger partial charge in [-0.05, 0) is 42.2 Å². The molecule has 0 bridgehead atoms. The van der Waals surface area contributed by atoms with Crippen molar-refractivity contribution >= 4 is 23.0 Å². The maximum Gasteiger partial charge on any atom is 0.0597 e. The molecule has 0 fully saturated rings. The van der Waals surface area contributed by atoms with E-state index >= 15 is 0 Å². The topological polar surface area (TPSA) is 15.3 Å². The predicted molar refractivity (Wildman–Crippen MR) is 87.0 cm³/mol. The third-order valence-electron chi connectivity index (χ3n) is 3.85. The van der Waals surface area contributed by atoms with Crippen LogP contribution in [0.4, 0.5) is 11.4 Å². The first-order chi connectivity index (χ1) is 9.63. The lowest BCUT2D eigenvalue weighted by atomic mass is 10.1. The zero-order valence-electron chi connectivity index (χ0n) is 11.9. The van der Waals surface area contributed by atoms with Crippen LogP contribution in [0.3, 0.4) is 0 Å². The van der Waals surface area contributed by atoms with Crippen LogP contribution in [0.5, 0.6) is 0 Å². The van der Waals surface area contributed by atoms with Gasteiger partial charge in [0.15, 0.2) is 0 Å². The number of benzene rings is 2. The summed E-state index contributed by atoms with van der Waals surface area (Å²) in [6.07, 6.45) is 2.16. The van der Waals surface area contributed by atoms with Gasteiger partial charge in [0.05, 0.1) is 11.4 Å². The van der Waals surface area contributed by atoms with Gasteiger partial charge in [0.1, 0.15) is 0 Å². The monoisotopic (exact) mass is 286 g/mol. The van der Waals surface area contributed by atoms with Crippen LogP contribution < -0.4 is 10.2 Å². The number of anilines is 2. The molecular weight excluding hydrogens is 268 g/mol. The highest BCUT2D eigenvalue weighted by Crippen LogP contribution is 2.31. The van der Waals surface area contributed by atoms with Crippen LogP contribution in [0.1, 0.15) is 11.1 Å². The van der Waals surface area contributed by atoms with Crippen molar-refractivity contribution in [3.8, 4) is 0 Å². The Bertz CT molecular complexity index is 597.